The van der Waals surface area contributed by atoms with Crippen LogP contribution < -0.4 is 0 Å². The molecule has 1 aliphatic heterocycles. The van der Waals surface area contributed by atoms with Gasteiger partial charge in [-0.05, 0) is 34.5 Å². The van der Waals surface area contributed by atoms with Gasteiger partial charge in [-0.15, -0.1) is 11.3 Å². The first kappa shape index (κ1) is 18.5. The van der Waals surface area contributed by atoms with Gasteiger partial charge in [-0.2, -0.15) is 4.31 Å². The molecule has 2 heterocycles. The van der Waals surface area contributed by atoms with Crippen LogP contribution in [0.15, 0.2) is 52.7 Å². The van der Waals surface area contributed by atoms with Crippen LogP contribution in [0.5, 0.6) is 0 Å². The molecule has 0 spiro atoms. The lowest BCUT2D eigenvalue weighted by Gasteiger charge is -2.33. The quantitative estimate of drug-likeness (QED) is 0.661. The maximum atomic E-state index is 13.4. The Labute approximate surface area is 160 Å². The van der Waals surface area contributed by atoms with E-state index >= 15 is 0 Å². The maximum Gasteiger partial charge on any atom is 0.243 e. The van der Waals surface area contributed by atoms with Gasteiger partial charge in [-0.1, -0.05) is 18.2 Å². The minimum absolute atomic E-state index is 0.294. The summed E-state index contributed by atoms with van der Waals surface area (Å²) in [6.45, 7) is 2.49. The van der Waals surface area contributed by atoms with Crippen LogP contribution in [-0.4, -0.2) is 43.8 Å². The molecule has 0 atom stereocenters. The number of fused-ring (bicyclic) bond motifs is 1. The fourth-order valence-corrected chi connectivity index (χ4v) is 5.77. The third kappa shape index (κ3) is 3.75. The van der Waals surface area contributed by atoms with Crippen molar-refractivity contribution < 1.29 is 17.2 Å². The molecule has 0 radical (unpaired) electrons. The lowest BCUT2D eigenvalue weighted by atomic mass is 10.1. The normalized spacial score (nSPS) is 16.8. The standard InChI is InChI=1S/C19H18F2N2O2S2/c20-15-9-16(21)11-17(10-15)27(24,25)23-7-5-22(6-8-23)12-14-13-26-19-4-2-1-3-18(14)19/h1-4,9-11,13H,5-8,12H2. The Balaban J connectivity index is 1.45. The highest BCUT2D eigenvalue weighted by molar-refractivity contribution is 7.89. The van der Waals surface area contributed by atoms with Crippen LogP contribution in [0.1, 0.15) is 5.56 Å². The molecule has 4 nitrogen and oxygen atoms in total. The van der Waals surface area contributed by atoms with E-state index in [1.807, 2.05) is 12.1 Å². The summed E-state index contributed by atoms with van der Waals surface area (Å²) in [7, 11) is -3.90. The van der Waals surface area contributed by atoms with Crippen LogP contribution in [0.2, 0.25) is 0 Å². The number of thiophene rings is 1. The van der Waals surface area contributed by atoms with Gasteiger partial charge in [0.25, 0.3) is 0 Å². The first-order valence-electron chi connectivity index (χ1n) is 8.57. The predicted molar refractivity (Wildman–Crippen MR) is 102 cm³/mol. The molecule has 2 aromatic carbocycles. The van der Waals surface area contributed by atoms with Crippen LogP contribution in [0, 0.1) is 11.6 Å². The zero-order valence-corrected chi connectivity index (χ0v) is 16.1. The minimum atomic E-state index is -3.90. The van der Waals surface area contributed by atoms with Crippen molar-refractivity contribution >= 4 is 31.4 Å². The second kappa shape index (κ2) is 7.27. The third-order valence-electron chi connectivity index (χ3n) is 4.76. The van der Waals surface area contributed by atoms with Gasteiger partial charge in [0.05, 0.1) is 4.90 Å². The predicted octanol–water partition coefficient (Wildman–Crippen LogP) is 3.69. The molecular weight excluding hydrogens is 390 g/mol. The van der Waals surface area contributed by atoms with Crippen molar-refractivity contribution in [2.75, 3.05) is 26.2 Å². The largest absolute Gasteiger partial charge is 0.296 e. The summed E-state index contributed by atoms with van der Waals surface area (Å²) in [4.78, 5) is 1.87. The Morgan fingerprint density at radius 3 is 2.33 bits per heavy atom. The van der Waals surface area contributed by atoms with Gasteiger partial charge in [0.2, 0.25) is 10.0 Å². The first-order chi connectivity index (χ1) is 12.9. The van der Waals surface area contributed by atoms with Gasteiger partial charge >= 0.3 is 0 Å². The molecule has 8 heteroatoms. The lowest BCUT2D eigenvalue weighted by Crippen LogP contribution is -2.48. The molecule has 0 unspecified atom stereocenters. The number of nitrogens with zero attached hydrogens (tertiary/aromatic N) is 2. The Morgan fingerprint density at radius 1 is 0.963 bits per heavy atom. The second-order valence-corrected chi connectivity index (χ2v) is 9.39. The number of rotatable bonds is 4. The van der Waals surface area contributed by atoms with Gasteiger partial charge in [0, 0.05) is 43.5 Å². The van der Waals surface area contributed by atoms with Crippen LogP contribution >= 0.6 is 11.3 Å². The van der Waals surface area contributed by atoms with Gasteiger partial charge in [0.15, 0.2) is 0 Å². The number of halogens is 2. The zero-order valence-electron chi connectivity index (χ0n) is 14.4. The Kier molecular flexibility index (Phi) is 4.98. The Hall–Kier alpha value is -1.87. The molecule has 142 valence electrons. The first-order valence-corrected chi connectivity index (χ1v) is 10.9. The number of hydrogen-bond donors (Lipinski definition) is 0. The summed E-state index contributed by atoms with van der Waals surface area (Å²) in [5.74, 6) is -1.78. The Morgan fingerprint density at radius 2 is 1.63 bits per heavy atom. The smallest absolute Gasteiger partial charge is 0.243 e. The summed E-state index contributed by atoms with van der Waals surface area (Å²) in [6.07, 6.45) is 0. The SMILES string of the molecule is O=S(=O)(c1cc(F)cc(F)c1)N1CCN(Cc2csc3ccccc23)CC1. The van der Waals surface area contributed by atoms with Crippen LogP contribution in [0.25, 0.3) is 10.1 Å². The van der Waals surface area contributed by atoms with Crippen LogP contribution in [-0.2, 0) is 16.6 Å². The van der Waals surface area contributed by atoms with E-state index in [0.29, 0.717) is 32.2 Å². The molecule has 27 heavy (non-hydrogen) atoms. The van der Waals surface area contributed by atoms with Crippen LogP contribution in [0.4, 0.5) is 8.78 Å². The van der Waals surface area contributed by atoms with Crippen LogP contribution in [0.3, 0.4) is 0 Å². The molecule has 0 amide bonds. The van der Waals surface area contributed by atoms with E-state index in [9.17, 15) is 17.2 Å². The fraction of sp³-hybridized carbons (Fsp3) is 0.263. The van der Waals surface area contributed by atoms with E-state index in [-0.39, 0.29) is 4.90 Å². The molecule has 1 saturated heterocycles. The average molecular weight is 408 g/mol. The average Bonchev–Trinajstić information content (AvgIpc) is 3.04. The van der Waals surface area contributed by atoms with E-state index in [1.54, 1.807) is 11.3 Å². The minimum Gasteiger partial charge on any atom is -0.296 e. The molecule has 1 fully saturated rings. The van der Waals surface area contributed by atoms with E-state index < -0.39 is 21.7 Å². The molecule has 0 bridgehead atoms. The van der Waals surface area contributed by atoms with Gasteiger partial charge < -0.3 is 0 Å². The molecule has 3 aromatic rings. The van der Waals surface area contributed by atoms with Crippen molar-refractivity contribution in [3.8, 4) is 0 Å². The van der Waals surface area contributed by atoms with E-state index in [2.05, 4.69) is 22.4 Å². The molecule has 4 rings (SSSR count). The van der Waals surface area contributed by atoms with Crippen molar-refractivity contribution in [2.24, 2.45) is 0 Å². The highest BCUT2D eigenvalue weighted by atomic mass is 32.2. The van der Waals surface area contributed by atoms with Crippen molar-refractivity contribution in [1.82, 2.24) is 9.21 Å². The number of hydrogen-bond acceptors (Lipinski definition) is 4. The monoisotopic (exact) mass is 408 g/mol. The van der Waals surface area contributed by atoms with E-state index in [0.717, 1.165) is 18.7 Å². The van der Waals surface area contributed by atoms with Crippen molar-refractivity contribution in [3.05, 3.63) is 65.0 Å². The van der Waals surface area contributed by atoms with Crippen molar-refractivity contribution in [3.63, 3.8) is 0 Å². The van der Waals surface area contributed by atoms with Gasteiger partial charge in [-0.25, -0.2) is 17.2 Å². The summed E-state index contributed by atoms with van der Waals surface area (Å²) < 4.78 is 54.7. The zero-order chi connectivity index (χ0) is 19.0. The Bertz CT molecular complexity index is 1050. The molecule has 0 N–H and O–H groups in total. The summed E-state index contributed by atoms with van der Waals surface area (Å²) in [5.41, 5.74) is 1.24. The fourth-order valence-electron chi connectivity index (χ4n) is 3.35. The summed E-state index contributed by atoms with van der Waals surface area (Å²) in [6, 6.07) is 10.6. The topological polar surface area (TPSA) is 40.6 Å². The number of sulfonamides is 1. The third-order valence-corrected chi connectivity index (χ3v) is 7.65. The second-order valence-electron chi connectivity index (χ2n) is 6.54. The number of benzene rings is 2. The van der Waals surface area contributed by atoms with Gasteiger partial charge in [0.1, 0.15) is 11.6 Å². The molecule has 1 aliphatic rings. The summed E-state index contributed by atoms with van der Waals surface area (Å²) in [5, 5.41) is 3.37. The maximum absolute atomic E-state index is 13.4. The van der Waals surface area contributed by atoms with E-state index in [1.165, 1.54) is 20.0 Å². The highest BCUT2D eigenvalue weighted by Crippen LogP contribution is 2.27. The van der Waals surface area contributed by atoms with Crippen molar-refractivity contribution in [2.45, 2.75) is 11.4 Å². The lowest BCUT2D eigenvalue weighted by molar-refractivity contribution is 0.182. The molecule has 0 aliphatic carbocycles. The van der Waals surface area contributed by atoms with Gasteiger partial charge in [-0.3, -0.25) is 4.90 Å². The number of piperazine rings is 1. The van der Waals surface area contributed by atoms with Crippen molar-refractivity contribution in [1.29, 1.82) is 0 Å². The molecule has 0 saturated carbocycles. The molecular formula is C19H18F2N2O2S2. The van der Waals surface area contributed by atoms with E-state index in [4.69, 9.17) is 0 Å². The summed E-state index contributed by atoms with van der Waals surface area (Å²) >= 11 is 1.70. The molecule has 1 aromatic heterocycles. The highest BCUT2D eigenvalue weighted by Gasteiger charge is 2.29.